The van der Waals surface area contributed by atoms with Crippen molar-refractivity contribution in [3.63, 3.8) is 0 Å². The van der Waals surface area contributed by atoms with E-state index in [1.165, 1.54) is 30.5 Å². The van der Waals surface area contributed by atoms with Crippen molar-refractivity contribution in [1.29, 1.82) is 0 Å². The minimum Gasteiger partial charge on any atom is -0.370 e. The Kier molecular flexibility index (Phi) is 3.91. The molecular weight excluding hydrogens is 314 g/mol. The summed E-state index contributed by atoms with van der Waals surface area (Å²) in [6.07, 6.45) is 2.37. The summed E-state index contributed by atoms with van der Waals surface area (Å²) < 4.78 is 28.5. The summed E-state index contributed by atoms with van der Waals surface area (Å²) in [6, 6.07) is 8.73. The van der Waals surface area contributed by atoms with Gasteiger partial charge < -0.3 is 11.5 Å². The van der Waals surface area contributed by atoms with E-state index in [1.54, 1.807) is 12.1 Å². The number of nitrogens with two attached hydrogens (primary N) is 2. The normalized spacial score (nSPS) is 10.6. The third kappa shape index (κ3) is 2.79. The molecule has 0 aliphatic carbocycles. The summed E-state index contributed by atoms with van der Waals surface area (Å²) in [5.41, 5.74) is 10.7. The quantitative estimate of drug-likeness (QED) is 0.559. The first-order chi connectivity index (χ1) is 11.5. The van der Waals surface area contributed by atoms with E-state index in [-0.39, 0.29) is 22.6 Å². The number of carbonyl (C=O) groups is 1. The second kappa shape index (κ2) is 6.04. The molecule has 0 unspecified atom stereocenters. The van der Waals surface area contributed by atoms with Crippen LogP contribution in [0.25, 0.3) is 21.9 Å². The van der Waals surface area contributed by atoms with E-state index in [0.717, 1.165) is 6.20 Å². The van der Waals surface area contributed by atoms with Crippen molar-refractivity contribution < 1.29 is 13.6 Å². The van der Waals surface area contributed by atoms with Crippen molar-refractivity contribution in [2.45, 2.75) is 0 Å². The zero-order chi connectivity index (χ0) is 17.3. The number of fused-ring (bicyclic) bond motifs is 1. The van der Waals surface area contributed by atoms with Gasteiger partial charge in [0, 0.05) is 22.9 Å². The highest BCUT2D eigenvalue weighted by Gasteiger charge is 2.15. The van der Waals surface area contributed by atoms with Gasteiger partial charge in [-0.15, -0.1) is 0 Å². The first kappa shape index (κ1) is 15.5. The molecule has 3 rings (SSSR count). The zero-order valence-corrected chi connectivity index (χ0v) is 12.3. The van der Waals surface area contributed by atoms with Crippen molar-refractivity contribution >= 4 is 22.6 Å². The Morgan fingerprint density at radius 2 is 1.79 bits per heavy atom. The molecule has 5 nitrogen and oxygen atoms in total. The molecule has 0 aliphatic heterocycles. The number of halogens is 2. The number of nitrogens with zero attached hydrogens (tertiary/aromatic N) is 2. The average molecular weight is 326 g/mol. The Morgan fingerprint density at radius 1 is 1.04 bits per heavy atom. The van der Waals surface area contributed by atoms with Crippen LogP contribution < -0.4 is 11.5 Å². The maximum atomic E-state index is 14.4. The first-order valence-corrected chi connectivity index (χ1v) is 6.93. The molecule has 0 radical (unpaired) electrons. The molecule has 0 aliphatic rings. The van der Waals surface area contributed by atoms with Crippen LogP contribution in [0.15, 0.2) is 53.8 Å². The number of hydrogen-bond donors (Lipinski definition) is 2. The molecular formula is C17H12F2N4O. The molecule has 2 aromatic carbocycles. The molecule has 0 atom stereocenters. The number of aromatic nitrogens is 1. The first-order valence-electron chi connectivity index (χ1n) is 6.93. The average Bonchev–Trinajstić information content (AvgIpc) is 2.54. The van der Waals surface area contributed by atoms with Crippen LogP contribution in [0, 0.1) is 11.6 Å². The van der Waals surface area contributed by atoms with E-state index in [4.69, 9.17) is 11.5 Å². The number of aliphatic imine (C=N–C) groups is 1. The van der Waals surface area contributed by atoms with Gasteiger partial charge in [-0.25, -0.2) is 8.78 Å². The summed E-state index contributed by atoms with van der Waals surface area (Å²) in [4.78, 5) is 19.1. The highest BCUT2D eigenvalue weighted by atomic mass is 19.1. The summed E-state index contributed by atoms with van der Waals surface area (Å²) in [7, 11) is 0. The van der Waals surface area contributed by atoms with Crippen molar-refractivity contribution in [3.8, 4) is 11.1 Å². The van der Waals surface area contributed by atoms with Gasteiger partial charge in [-0.2, -0.15) is 4.99 Å². The molecule has 120 valence electrons. The maximum Gasteiger partial charge on any atom is 0.280 e. The Bertz CT molecular complexity index is 981. The van der Waals surface area contributed by atoms with Gasteiger partial charge in [-0.05, 0) is 35.0 Å². The molecule has 1 amide bonds. The second-order valence-corrected chi connectivity index (χ2v) is 5.06. The van der Waals surface area contributed by atoms with Gasteiger partial charge in [0.25, 0.3) is 5.91 Å². The standard InChI is InChI=1S/C17H12F2N4O/c18-13-4-3-9-1-2-10(16(24)23-17(20)21)7-12(9)15(13)11-5-6-22-8-14(11)19/h1-8H,(H4,20,21,23,24). The van der Waals surface area contributed by atoms with Gasteiger partial charge in [0.2, 0.25) is 0 Å². The van der Waals surface area contributed by atoms with Crippen molar-refractivity contribution in [2.24, 2.45) is 16.5 Å². The van der Waals surface area contributed by atoms with E-state index in [0.29, 0.717) is 10.8 Å². The van der Waals surface area contributed by atoms with Crippen LogP contribution in [-0.4, -0.2) is 16.9 Å². The Morgan fingerprint density at radius 3 is 2.50 bits per heavy atom. The fourth-order valence-corrected chi connectivity index (χ4v) is 2.46. The van der Waals surface area contributed by atoms with E-state index in [1.807, 2.05) is 0 Å². The molecule has 1 aromatic heterocycles. The molecule has 0 saturated heterocycles. The molecule has 3 aromatic rings. The molecule has 7 heteroatoms. The lowest BCUT2D eigenvalue weighted by Crippen LogP contribution is -2.24. The Labute approximate surface area is 135 Å². The monoisotopic (exact) mass is 326 g/mol. The minimum absolute atomic E-state index is 0.0479. The Balaban J connectivity index is 2.29. The summed E-state index contributed by atoms with van der Waals surface area (Å²) >= 11 is 0. The number of amides is 1. The number of guanidine groups is 1. The van der Waals surface area contributed by atoms with Crippen LogP contribution >= 0.6 is 0 Å². The molecule has 24 heavy (non-hydrogen) atoms. The molecule has 0 saturated carbocycles. The topological polar surface area (TPSA) is 94.4 Å². The lowest BCUT2D eigenvalue weighted by Gasteiger charge is -2.10. The predicted molar refractivity (Wildman–Crippen MR) is 87.2 cm³/mol. The van der Waals surface area contributed by atoms with E-state index < -0.39 is 17.5 Å². The highest BCUT2D eigenvalue weighted by Crippen LogP contribution is 2.33. The van der Waals surface area contributed by atoms with Crippen LogP contribution in [0.2, 0.25) is 0 Å². The third-order valence-electron chi connectivity index (χ3n) is 3.49. The maximum absolute atomic E-state index is 14.4. The van der Waals surface area contributed by atoms with Crippen LogP contribution in [0.4, 0.5) is 8.78 Å². The van der Waals surface area contributed by atoms with E-state index in [9.17, 15) is 13.6 Å². The lowest BCUT2D eigenvalue weighted by molar-refractivity contribution is 0.100. The van der Waals surface area contributed by atoms with Crippen molar-refractivity contribution in [2.75, 3.05) is 0 Å². The van der Waals surface area contributed by atoms with Crippen LogP contribution in [0.5, 0.6) is 0 Å². The number of hydrogen-bond acceptors (Lipinski definition) is 2. The number of rotatable bonds is 2. The fourth-order valence-electron chi connectivity index (χ4n) is 2.46. The molecule has 0 fully saturated rings. The summed E-state index contributed by atoms with van der Waals surface area (Å²) in [5, 5.41) is 1.01. The SMILES string of the molecule is NC(N)=NC(=O)c1ccc2ccc(F)c(-c3ccncc3F)c2c1. The molecule has 1 heterocycles. The van der Waals surface area contributed by atoms with Gasteiger partial charge in [0.05, 0.1) is 6.20 Å². The fraction of sp³-hybridized carbons (Fsp3) is 0. The van der Waals surface area contributed by atoms with Crippen molar-refractivity contribution in [1.82, 2.24) is 4.98 Å². The van der Waals surface area contributed by atoms with E-state index >= 15 is 0 Å². The molecule has 0 bridgehead atoms. The molecule has 0 spiro atoms. The lowest BCUT2D eigenvalue weighted by atomic mass is 9.96. The second-order valence-electron chi connectivity index (χ2n) is 5.06. The number of benzene rings is 2. The van der Waals surface area contributed by atoms with Gasteiger partial charge in [-0.1, -0.05) is 12.1 Å². The largest absolute Gasteiger partial charge is 0.370 e. The smallest absolute Gasteiger partial charge is 0.280 e. The van der Waals surface area contributed by atoms with Gasteiger partial charge in [0.1, 0.15) is 11.6 Å². The van der Waals surface area contributed by atoms with Crippen molar-refractivity contribution in [3.05, 3.63) is 66.0 Å². The van der Waals surface area contributed by atoms with E-state index in [2.05, 4.69) is 9.98 Å². The number of carbonyl (C=O) groups excluding carboxylic acids is 1. The predicted octanol–water partition coefficient (Wildman–Crippen LogP) is 2.59. The third-order valence-corrected chi connectivity index (χ3v) is 3.49. The van der Waals surface area contributed by atoms with Crippen LogP contribution in [0.3, 0.4) is 0 Å². The van der Waals surface area contributed by atoms with Gasteiger partial charge >= 0.3 is 0 Å². The van der Waals surface area contributed by atoms with Crippen LogP contribution in [-0.2, 0) is 0 Å². The molecule has 4 N–H and O–H groups in total. The Hall–Kier alpha value is -3.35. The van der Waals surface area contributed by atoms with Gasteiger partial charge in [-0.3, -0.25) is 9.78 Å². The highest BCUT2D eigenvalue weighted by molar-refractivity contribution is 6.06. The minimum atomic E-state index is -0.665. The summed E-state index contributed by atoms with van der Waals surface area (Å²) in [5.74, 6) is -2.31. The number of pyridine rings is 1. The van der Waals surface area contributed by atoms with Crippen LogP contribution in [0.1, 0.15) is 10.4 Å². The zero-order valence-electron chi connectivity index (χ0n) is 12.3. The van der Waals surface area contributed by atoms with Gasteiger partial charge in [0.15, 0.2) is 5.96 Å². The summed E-state index contributed by atoms with van der Waals surface area (Å²) in [6.45, 7) is 0.